The predicted octanol–water partition coefficient (Wildman–Crippen LogP) is 3.14. The number of ketones is 1. The highest BCUT2D eigenvalue weighted by atomic mass is 35.5. The van der Waals surface area contributed by atoms with Gasteiger partial charge in [0.2, 0.25) is 9.84 Å². The van der Waals surface area contributed by atoms with Crippen LogP contribution in [0.2, 0.25) is 5.02 Å². The molecule has 0 atom stereocenters. The van der Waals surface area contributed by atoms with Gasteiger partial charge in [-0.15, -0.1) is 0 Å². The van der Waals surface area contributed by atoms with Gasteiger partial charge in [-0.3, -0.25) is 4.79 Å². The summed E-state index contributed by atoms with van der Waals surface area (Å²) in [7, 11) is -3.78. The van der Waals surface area contributed by atoms with Gasteiger partial charge in [-0.25, -0.2) is 8.42 Å². The summed E-state index contributed by atoms with van der Waals surface area (Å²) in [5.74, 6) is -0.325. The maximum atomic E-state index is 12.6. The minimum atomic E-state index is -3.78. The van der Waals surface area contributed by atoms with Gasteiger partial charge in [0, 0.05) is 17.1 Å². The van der Waals surface area contributed by atoms with Crippen molar-refractivity contribution in [2.24, 2.45) is 5.41 Å². The van der Waals surface area contributed by atoms with Crippen LogP contribution in [0.1, 0.15) is 26.7 Å². The summed E-state index contributed by atoms with van der Waals surface area (Å²) in [5.41, 5.74) is 0.752. The van der Waals surface area contributed by atoms with Crippen LogP contribution < -0.4 is 5.32 Å². The molecule has 0 spiro atoms. The Morgan fingerprint density at radius 3 is 2.65 bits per heavy atom. The molecule has 0 fully saturated rings. The zero-order chi connectivity index (χ0) is 14.7. The summed E-state index contributed by atoms with van der Waals surface area (Å²) in [6.07, 6.45) is 0.776. The number of benzene rings is 1. The largest absolute Gasteiger partial charge is 0.357 e. The van der Waals surface area contributed by atoms with Gasteiger partial charge in [0.05, 0.1) is 10.6 Å². The molecule has 0 amide bonds. The minimum Gasteiger partial charge on any atom is -0.357 e. The van der Waals surface area contributed by atoms with Gasteiger partial charge in [0.15, 0.2) is 5.78 Å². The fourth-order valence-electron chi connectivity index (χ4n) is 2.81. The number of carbonyl (C=O) groups is 1. The van der Waals surface area contributed by atoms with Crippen molar-refractivity contribution in [2.75, 3.05) is 5.32 Å². The molecule has 1 heterocycles. The predicted molar refractivity (Wildman–Crippen MR) is 77.3 cm³/mol. The molecule has 0 unspecified atom stereocenters. The number of Topliss-reactive ketones (excluding diaryl/α,β-unsaturated/α-hetero) is 1. The second-order valence-corrected chi connectivity index (χ2v) is 8.31. The molecule has 4 nitrogen and oxygen atoms in total. The molecule has 3 rings (SSSR count). The van der Waals surface area contributed by atoms with E-state index >= 15 is 0 Å². The van der Waals surface area contributed by atoms with Crippen LogP contribution in [0.3, 0.4) is 0 Å². The van der Waals surface area contributed by atoms with E-state index in [1.165, 1.54) is 6.07 Å². The van der Waals surface area contributed by atoms with E-state index in [0.717, 1.165) is 0 Å². The zero-order valence-corrected chi connectivity index (χ0v) is 12.7. The lowest BCUT2D eigenvalue weighted by molar-refractivity contribution is -0.117. The van der Waals surface area contributed by atoms with Crippen LogP contribution in [0.4, 0.5) is 5.69 Å². The summed E-state index contributed by atoms with van der Waals surface area (Å²) in [4.78, 5) is 12.2. The average Bonchev–Trinajstić information content (AvgIpc) is 2.27. The Labute approximate surface area is 122 Å². The Kier molecular flexibility index (Phi) is 2.79. The smallest absolute Gasteiger partial charge is 0.213 e. The third kappa shape index (κ3) is 1.96. The first-order valence-corrected chi connectivity index (χ1v) is 8.15. The summed E-state index contributed by atoms with van der Waals surface area (Å²) in [6, 6.07) is 4.64. The minimum absolute atomic E-state index is 0.0804. The van der Waals surface area contributed by atoms with Crippen molar-refractivity contribution in [1.82, 2.24) is 0 Å². The summed E-state index contributed by atoms with van der Waals surface area (Å²) in [5, 5.41) is 3.42. The van der Waals surface area contributed by atoms with Crippen molar-refractivity contribution in [3.05, 3.63) is 33.8 Å². The number of sulfone groups is 1. The van der Waals surface area contributed by atoms with Crippen molar-refractivity contribution >= 4 is 32.9 Å². The zero-order valence-electron chi connectivity index (χ0n) is 11.2. The first-order chi connectivity index (χ1) is 9.21. The van der Waals surface area contributed by atoms with E-state index in [4.69, 9.17) is 11.6 Å². The van der Waals surface area contributed by atoms with E-state index in [0.29, 0.717) is 22.8 Å². The Morgan fingerprint density at radius 2 is 1.95 bits per heavy atom. The number of hydrogen-bond donors (Lipinski definition) is 1. The van der Waals surface area contributed by atoms with Gasteiger partial charge in [0.1, 0.15) is 4.91 Å². The van der Waals surface area contributed by atoms with Crippen molar-refractivity contribution in [1.29, 1.82) is 0 Å². The molecular formula is C14H14ClNO3S. The number of rotatable bonds is 0. The maximum Gasteiger partial charge on any atom is 0.213 e. The lowest BCUT2D eigenvalue weighted by atomic mass is 9.78. The monoisotopic (exact) mass is 311 g/mol. The molecule has 20 heavy (non-hydrogen) atoms. The van der Waals surface area contributed by atoms with Crippen LogP contribution >= 0.6 is 11.6 Å². The maximum absolute atomic E-state index is 12.6. The molecule has 0 aromatic heterocycles. The van der Waals surface area contributed by atoms with Gasteiger partial charge in [-0.1, -0.05) is 25.4 Å². The number of carbonyl (C=O) groups excluding carboxylic acids is 1. The quantitative estimate of drug-likeness (QED) is 0.799. The van der Waals surface area contributed by atoms with Crippen LogP contribution in [0, 0.1) is 5.41 Å². The van der Waals surface area contributed by atoms with E-state index in [1.807, 2.05) is 13.8 Å². The molecule has 0 radical (unpaired) electrons. The first kappa shape index (κ1) is 13.6. The Hall–Kier alpha value is -1.33. The third-order valence-corrected chi connectivity index (χ3v) is 5.77. The molecule has 0 saturated carbocycles. The first-order valence-electron chi connectivity index (χ1n) is 6.29. The Morgan fingerprint density at radius 1 is 1.25 bits per heavy atom. The molecule has 1 aliphatic heterocycles. The number of halogens is 1. The molecule has 1 N–H and O–H groups in total. The molecular weight excluding hydrogens is 298 g/mol. The van der Waals surface area contributed by atoms with Crippen LogP contribution in [0.25, 0.3) is 0 Å². The summed E-state index contributed by atoms with van der Waals surface area (Å²) < 4.78 is 25.3. The third-order valence-electron chi connectivity index (χ3n) is 3.61. The molecule has 1 aromatic rings. The van der Waals surface area contributed by atoms with Gasteiger partial charge in [-0.05, 0) is 30.0 Å². The van der Waals surface area contributed by atoms with Gasteiger partial charge in [-0.2, -0.15) is 0 Å². The molecule has 106 valence electrons. The van der Waals surface area contributed by atoms with Crippen LogP contribution in [0.5, 0.6) is 0 Å². The second-order valence-electron chi connectivity index (χ2n) is 6.02. The molecule has 0 bridgehead atoms. The average molecular weight is 312 g/mol. The van der Waals surface area contributed by atoms with E-state index in [-0.39, 0.29) is 27.4 Å². The number of hydrogen-bond acceptors (Lipinski definition) is 4. The number of nitrogens with one attached hydrogen (secondary N) is 1. The molecule has 6 heteroatoms. The van der Waals surface area contributed by atoms with Crippen LogP contribution in [-0.2, 0) is 14.6 Å². The van der Waals surface area contributed by atoms with Crippen molar-refractivity contribution in [2.45, 2.75) is 31.6 Å². The van der Waals surface area contributed by atoms with Crippen LogP contribution in [0.15, 0.2) is 33.7 Å². The Bertz CT molecular complexity index is 763. The molecule has 1 aliphatic carbocycles. The number of anilines is 1. The SMILES string of the molecule is CC1(C)CC(=O)C2=C(C1)Nc1ccc(Cl)cc1S2(=O)=O. The topological polar surface area (TPSA) is 63.2 Å². The number of allylic oxidation sites excluding steroid dienone is 2. The highest BCUT2D eigenvalue weighted by molar-refractivity contribution is 7.96. The van der Waals surface area contributed by atoms with Crippen molar-refractivity contribution < 1.29 is 13.2 Å². The highest BCUT2D eigenvalue weighted by Crippen LogP contribution is 2.45. The van der Waals surface area contributed by atoms with Gasteiger partial charge >= 0.3 is 0 Å². The van der Waals surface area contributed by atoms with Crippen molar-refractivity contribution in [3.8, 4) is 0 Å². The Balaban J connectivity index is 2.24. The highest BCUT2D eigenvalue weighted by Gasteiger charge is 2.43. The molecule has 1 aromatic carbocycles. The van der Waals surface area contributed by atoms with Gasteiger partial charge < -0.3 is 5.32 Å². The van der Waals surface area contributed by atoms with E-state index in [2.05, 4.69) is 5.32 Å². The summed E-state index contributed by atoms with van der Waals surface area (Å²) >= 11 is 5.87. The van der Waals surface area contributed by atoms with E-state index in [9.17, 15) is 13.2 Å². The van der Waals surface area contributed by atoms with E-state index in [1.54, 1.807) is 12.1 Å². The fourth-order valence-corrected chi connectivity index (χ4v) is 4.78. The second kappa shape index (κ2) is 4.09. The van der Waals surface area contributed by atoms with Crippen LogP contribution in [-0.4, -0.2) is 14.2 Å². The molecule has 2 aliphatic rings. The van der Waals surface area contributed by atoms with E-state index < -0.39 is 9.84 Å². The standard InChI is InChI=1S/C14H14ClNO3S/c1-14(2)6-10-13(11(17)7-14)20(18,19)12-5-8(15)3-4-9(12)16-10/h3-5,16H,6-7H2,1-2H3. The number of fused-ring (bicyclic) bond motifs is 1. The molecule has 0 saturated heterocycles. The van der Waals surface area contributed by atoms with Gasteiger partial charge in [0.25, 0.3) is 0 Å². The summed E-state index contributed by atoms with van der Waals surface area (Å²) in [6.45, 7) is 3.92. The normalized spacial score (nSPS) is 22.9. The lowest BCUT2D eigenvalue weighted by Gasteiger charge is -2.35. The fraction of sp³-hybridized carbons (Fsp3) is 0.357. The van der Waals surface area contributed by atoms with Crippen molar-refractivity contribution in [3.63, 3.8) is 0 Å². The lowest BCUT2D eigenvalue weighted by Crippen LogP contribution is -2.34.